The number of nitrogens with one attached hydrogen (secondary N) is 1. The molecule has 0 aromatic heterocycles. The molecular weight excluding hydrogens is 412 g/mol. The van der Waals surface area contributed by atoms with Crippen molar-refractivity contribution in [1.29, 1.82) is 5.26 Å². The van der Waals surface area contributed by atoms with Gasteiger partial charge in [0.1, 0.15) is 22.3 Å². The summed E-state index contributed by atoms with van der Waals surface area (Å²) >= 11 is 0. The van der Waals surface area contributed by atoms with E-state index in [4.69, 9.17) is 4.18 Å². The van der Waals surface area contributed by atoms with E-state index in [9.17, 15) is 18.5 Å². The minimum absolute atomic E-state index is 0.0363. The number of amides is 1. The molecule has 0 atom stereocenters. The fourth-order valence-corrected chi connectivity index (χ4v) is 3.61. The van der Waals surface area contributed by atoms with E-state index in [0.29, 0.717) is 11.3 Å². The predicted molar refractivity (Wildman–Crippen MR) is 119 cm³/mol. The average Bonchev–Trinajstić information content (AvgIpc) is 2.74. The largest absolute Gasteiger partial charge is 0.379 e. The first kappa shape index (κ1) is 21.8. The van der Waals surface area contributed by atoms with Gasteiger partial charge in [0.05, 0.1) is 0 Å². The minimum atomic E-state index is -4.01. The van der Waals surface area contributed by atoms with Gasteiger partial charge in [-0.25, -0.2) is 0 Å². The molecule has 0 heterocycles. The van der Waals surface area contributed by atoms with Crippen molar-refractivity contribution in [2.75, 3.05) is 5.32 Å². The molecule has 0 aliphatic heterocycles. The quantitative estimate of drug-likeness (QED) is 0.348. The van der Waals surface area contributed by atoms with Crippen LogP contribution in [0.2, 0.25) is 0 Å². The molecule has 1 amide bonds. The van der Waals surface area contributed by atoms with Gasteiger partial charge >= 0.3 is 10.1 Å². The standard InChI is InChI=1S/C24H20N2O4S/c1-17-6-10-21(11-7-17)26-24(27)20(16-25)14-19-4-3-5-22(15-19)30-31(28,29)23-12-8-18(2)9-13-23/h3-15H,1-2H3,(H,26,27)/b20-14-. The van der Waals surface area contributed by atoms with Crippen LogP contribution in [0.25, 0.3) is 6.08 Å². The second-order valence-corrected chi connectivity index (χ2v) is 8.46. The highest BCUT2D eigenvalue weighted by atomic mass is 32.2. The summed E-state index contributed by atoms with van der Waals surface area (Å²) in [5, 5.41) is 12.1. The van der Waals surface area contributed by atoms with Gasteiger partial charge in [-0.1, -0.05) is 47.5 Å². The van der Waals surface area contributed by atoms with Gasteiger partial charge < -0.3 is 9.50 Å². The second-order valence-electron chi connectivity index (χ2n) is 6.91. The van der Waals surface area contributed by atoms with Gasteiger partial charge in [0.2, 0.25) is 0 Å². The molecule has 1 N–H and O–H groups in total. The van der Waals surface area contributed by atoms with Crippen molar-refractivity contribution in [2.45, 2.75) is 18.7 Å². The Morgan fingerprint density at radius 3 is 2.19 bits per heavy atom. The normalized spacial score (nSPS) is 11.5. The lowest BCUT2D eigenvalue weighted by atomic mass is 10.1. The van der Waals surface area contributed by atoms with E-state index in [1.54, 1.807) is 36.4 Å². The Balaban J connectivity index is 1.80. The van der Waals surface area contributed by atoms with E-state index in [2.05, 4.69) is 5.32 Å². The highest BCUT2D eigenvalue weighted by Crippen LogP contribution is 2.22. The summed E-state index contributed by atoms with van der Waals surface area (Å²) in [7, 11) is -4.01. The number of aryl methyl sites for hydroxylation is 2. The molecule has 7 heteroatoms. The molecular formula is C24H20N2O4S. The maximum absolute atomic E-state index is 12.5. The molecule has 0 aliphatic rings. The van der Waals surface area contributed by atoms with Gasteiger partial charge in [0.25, 0.3) is 5.91 Å². The molecule has 3 aromatic carbocycles. The van der Waals surface area contributed by atoms with Crippen molar-refractivity contribution < 1.29 is 17.4 Å². The third-order valence-electron chi connectivity index (χ3n) is 4.36. The lowest BCUT2D eigenvalue weighted by Crippen LogP contribution is -2.13. The van der Waals surface area contributed by atoms with Crippen molar-refractivity contribution in [3.8, 4) is 11.8 Å². The molecule has 3 aromatic rings. The zero-order valence-electron chi connectivity index (χ0n) is 17.0. The van der Waals surface area contributed by atoms with Gasteiger partial charge in [-0.2, -0.15) is 13.7 Å². The zero-order chi connectivity index (χ0) is 22.4. The summed E-state index contributed by atoms with van der Waals surface area (Å²) < 4.78 is 30.2. The predicted octanol–water partition coefficient (Wildman–Crippen LogP) is 4.62. The Kier molecular flexibility index (Phi) is 6.53. The Labute approximate surface area is 181 Å². The fraction of sp³-hybridized carbons (Fsp3) is 0.0833. The van der Waals surface area contributed by atoms with Crippen LogP contribution in [-0.2, 0) is 14.9 Å². The highest BCUT2D eigenvalue weighted by Gasteiger charge is 2.17. The van der Waals surface area contributed by atoms with E-state index >= 15 is 0 Å². The summed E-state index contributed by atoms with van der Waals surface area (Å²) in [6.45, 7) is 3.79. The Hall–Kier alpha value is -3.89. The Morgan fingerprint density at radius 2 is 1.58 bits per heavy atom. The van der Waals surface area contributed by atoms with Crippen LogP contribution in [0.4, 0.5) is 5.69 Å². The maximum atomic E-state index is 12.5. The Morgan fingerprint density at radius 1 is 0.968 bits per heavy atom. The van der Waals surface area contributed by atoms with Gasteiger partial charge in [0.15, 0.2) is 0 Å². The first-order valence-corrected chi connectivity index (χ1v) is 10.8. The summed E-state index contributed by atoms with van der Waals surface area (Å²) in [5.41, 5.74) is 2.87. The van der Waals surface area contributed by atoms with Crippen LogP contribution in [0.5, 0.6) is 5.75 Å². The highest BCUT2D eigenvalue weighted by molar-refractivity contribution is 7.87. The van der Waals surface area contributed by atoms with Crippen LogP contribution in [0, 0.1) is 25.2 Å². The third kappa shape index (κ3) is 5.81. The summed E-state index contributed by atoms with van der Waals surface area (Å²) in [6, 6.07) is 21.5. The average molecular weight is 433 g/mol. The molecule has 31 heavy (non-hydrogen) atoms. The molecule has 3 rings (SSSR count). The maximum Gasteiger partial charge on any atom is 0.339 e. The summed E-state index contributed by atoms with van der Waals surface area (Å²) in [6.07, 6.45) is 1.37. The number of nitriles is 1. The van der Waals surface area contributed by atoms with Gasteiger partial charge in [-0.15, -0.1) is 0 Å². The third-order valence-corrected chi connectivity index (χ3v) is 5.62. The summed E-state index contributed by atoms with van der Waals surface area (Å²) in [5.74, 6) is -0.490. The number of hydrogen-bond acceptors (Lipinski definition) is 5. The van der Waals surface area contributed by atoms with Crippen molar-refractivity contribution in [2.24, 2.45) is 0 Å². The molecule has 0 saturated carbocycles. The fourth-order valence-electron chi connectivity index (χ4n) is 2.69. The molecule has 0 unspecified atom stereocenters. The lowest BCUT2D eigenvalue weighted by Gasteiger charge is -2.08. The number of carbonyl (C=O) groups is 1. The summed E-state index contributed by atoms with van der Waals surface area (Å²) in [4.78, 5) is 12.5. The first-order chi connectivity index (χ1) is 14.8. The Bertz CT molecular complexity index is 1270. The van der Waals surface area contributed by atoms with E-state index < -0.39 is 16.0 Å². The number of anilines is 1. The van der Waals surface area contributed by atoms with Crippen molar-refractivity contribution >= 4 is 27.8 Å². The van der Waals surface area contributed by atoms with E-state index in [1.807, 2.05) is 32.0 Å². The molecule has 6 nitrogen and oxygen atoms in total. The van der Waals surface area contributed by atoms with Crippen molar-refractivity contribution in [3.05, 3.63) is 95.1 Å². The molecule has 0 bridgehead atoms. The smallest absolute Gasteiger partial charge is 0.339 e. The molecule has 0 aliphatic carbocycles. The second kappa shape index (κ2) is 9.28. The molecule has 0 saturated heterocycles. The monoisotopic (exact) mass is 432 g/mol. The number of carbonyl (C=O) groups excluding carboxylic acids is 1. The number of rotatable bonds is 6. The van der Waals surface area contributed by atoms with Gasteiger partial charge in [-0.05, 0) is 61.9 Å². The van der Waals surface area contributed by atoms with Crippen molar-refractivity contribution in [3.63, 3.8) is 0 Å². The minimum Gasteiger partial charge on any atom is -0.379 e. The number of benzene rings is 3. The van der Waals surface area contributed by atoms with Crippen LogP contribution in [-0.4, -0.2) is 14.3 Å². The van der Waals surface area contributed by atoms with Crippen LogP contribution in [0.3, 0.4) is 0 Å². The molecule has 0 radical (unpaired) electrons. The van der Waals surface area contributed by atoms with Crippen LogP contribution >= 0.6 is 0 Å². The molecule has 0 spiro atoms. The topological polar surface area (TPSA) is 96.3 Å². The number of hydrogen-bond donors (Lipinski definition) is 1. The van der Waals surface area contributed by atoms with E-state index in [1.165, 1.54) is 30.3 Å². The van der Waals surface area contributed by atoms with Gasteiger partial charge in [0, 0.05) is 5.69 Å². The molecule has 0 fully saturated rings. The van der Waals surface area contributed by atoms with Crippen molar-refractivity contribution in [1.82, 2.24) is 0 Å². The van der Waals surface area contributed by atoms with Gasteiger partial charge in [-0.3, -0.25) is 4.79 Å². The SMILES string of the molecule is Cc1ccc(NC(=O)/C(C#N)=C\c2cccc(OS(=O)(=O)c3ccc(C)cc3)c2)cc1. The molecule has 156 valence electrons. The van der Waals surface area contributed by atoms with E-state index in [-0.39, 0.29) is 16.2 Å². The van der Waals surface area contributed by atoms with Crippen LogP contribution in [0.1, 0.15) is 16.7 Å². The van der Waals surface area contributed by atoms with Crippen LogP contribution in [0.15, 0.2) is 83.3 Å². The lowest BCUT2D eigenvalue weighted by molar-refractivity contribution is -0.112. The van der Waals surface area contributed by atoms with E-state index in [0.717, 1.165) is 11.1 Å². The van der Waals surface area contributed by atoms with Crippen LogP contribution < -0.4 is 9.50 Å². The first-order valence-electron chi connectivity index (χ1n) is 9.38. The number of nitrogens with zero attached hydrogens (tertiary/aromatic N) is 1. The zero-order valence-corrected chi connectivity index (χ0v) is 17.8.